The number of carbonyl (C=O) groups excluding carboxylic acids is 1. The second-order valence-electron chi connectivity index (χ2n) is 6.47. The highest BCUT2D eigenvalue weighted by Gasteiger charge is 2.43. The number of benzene rings is 1. The molecule has 1 aliphatic carbocycles. The van der Waals surface area contributed by atoms with Crippen molar-refractivity contribution in [3.8, 4) is 5.75 Å². The number of rotatable bonds is 6. The number of amides is 1. The predicted octanol–water partition coefficient (Wildman–Crippen LogP) is 1.44. The van der Waals surface area contributed by atoms with E-state index in [1.807, 2.05) is 0 Å². The van der Waals surface area contributed by atoms with E-state index in [2.05, 4.69) is 5.32 Å². The molecule has 0 radical (unpaired) electrons. The number of methoxy groups -OCH3 is 1. The minimum absolute atomic E-state index is 0.146. The lowest BCUT2D eigenvalue weighted by atomic mass is 9.91. The van der Waals surface area contributed by atoms with Gasteiger partial charge in [0.05, 0.1) is 7.11 Å². The number of nitrogens with one attached hydrogen (secondary N) is 1. The van der Waals surface area contributed by atoms with Crippen molar-refractivity contribution >= 4 is 5.91 Å². The summed E-state index contributed by atoms with van der Waals surface area (Å²) in [5, 5.41) is 13.9. The maximum absolute atomic E-state index is 14.0. The molecule has 1 aliphatic heterocycles. The molecule has 1 saturated heterocycles. The summed E-state index contributed by atoms with van der Waals surface area (Å²) in [4.78, 5) is 14.2. The van der Waals surface area contributed by atoms with Gasteiger partial charge in [0.15, 0.2) is 5.60 Å². The molecule has 5 nitrogen and oxygen atoms in total. The van der Waals surface area contributed by atoms with E-state index in [1.165, 1.54) is 18.1 Å². The number of carbonyl (C=O) groups is 1. The first-order valence-electron chi connectivity index (χ1n) is 8.09. The molecule has 6 heteroatoms. The van der Waals surface area contributed by atoms with Crippen LogP contribution >= 0.6 is 0 Å². The molecule has 1 saturated carbocycles. The second-order valence-corrected chi connectivity index (χ2v) is 6.47. The number of aliphatic hydroxyl groups is 1. The maximum atomic E-state index is 14.0. The number of hydrogen-bond acceptors (Lipinski definition) is 4. The van der Waals surface area contributed by atoms with Gasteiger partial charge in [-0.1, -0.05) is 0 Å². The molecule has 23 heavy (non-hydrogen) atoms. The van der Waals surface area contributed by atoms with Crippen molar-refractivity contribution in [3.05, 3.63) is 29.6 Å². The van der Waals surface area contributed by atoms with Crippen molar-refractivity contribution in [2.75, 3.05) is 20.2 Å². The molecule has 126 valence electrons. The SMILES string of the molecule is COc1ccc(F)c(CN2CCCC(O)(CNC3CC3)C2=O)c1. The molecule has 1 atom stereocenters. The number of piperidine rings is 1. The Balaban J connectivity index is 1.70. The topological polar surface area (TPSA) is 61.8 Å². The molecular formula is C17H23FN2O3. The Bertz CT molecular complexity index is 591. The molecule has 2 aliphatic rings. The van der Waals surface area contributed by atoms with Crippen molar-refractivity contribution in [2.45, 2.75) is 43.9 Å². The standard InChI is InChI=1S/C17H23FN2O3/c1-23-14-5-6-15(18)12(9-14)10-20-8-2-7-17(22,16(20)21)11-19-13-3-4-13/h5-6,9,13,19,22H,2-4,7-8,10-11H2,1H3. The molecule has 1 aromatic rings. The van der Waals surface area contributed by atoms with Gasteiger partial charge in [-0.3, -0.25) is 4.79 Å². The van der Waals surface area contributed by atoms with E-state index in [0.717, 1.165) is 12.8 Å². The van der Waals surface area contributed by atoms with Crippen LogP contribution in [-0.2, 0) is 11.3 Å². The van der Waals surface area contributed by atoms with Crippen LogP contribution in [0, 0.1) is 5.82 Å². The van der Waals surface area contributed by atoms with Crippen LogP contribution in [0.2, 0.25) is 0 Å². The summed E-state index contributed by atoms with van der Waals surface area (Å²) in [6.45, 7) is 0.947. The van der Waals surface area contributed by atoms with E-state index in [9.17, 15) is 14.3 Å². The zero-order valence-electron chi connectivity index (χ0n) is 13.3. The average molecular weight is 322 g/mol. The highest BCUT2D eigenvalue weighted by atomic mass is 19.1. The van der Waals surface area contributed by atoms with Gasteiger partial charge in [0, 0.05) is 31.2 Å². The van der Waals surface area contributed by atoms with Gasteiger partial charge in [0.1, 0.15) is 11.6 Å². The van der Waals surface area contributed by atoms with Crippen LogP contribution in [0.5, 0.6) is 5.75 Å². The van der Waals surface area contributed by atoms with Crippen molar-refractivity contribution in [2.24, 2.45) is 0 Å². The molecule has 1 unspecified atom stereocenters. The average Bonchev–Trinajstić information content (AvgIpc) is 3.36. The first-order valence-corrected chi connectivity index (χ1v) is 8.09. The monoisotopic (exact) mass is 322 g/mol. The van der Waals surface area contributed by atoms with E-state index < -0.39 is 5.60 Å². The minimum atomic E-state index is -1.38. The van der Waals surface area contributed by atoms with Gasteiger partial charge in [-0.2, -0.15) is 0 Å². The summed E-state index contributed by atoms with van der Waals surface area (Å²) in [5.74, 6) is -0.139. The fourth-order valence-corrected chi connectivity index (χ4v) is 2.99. The summed E-state index contributed by atoms with van der Waals surface area (Å²) >= 11 is 0. The molecule has 0 aromatic heterocycles. The lowest BCUT2D eigenvalue weighted by molar-refractivity contribution is -0.157. The fourth-order valence-electron chi connectivity index (χ4n) is 2.99. The summed E-state index contributed by atoms with van der Waals surface area (Å²) in [6.07, 6.45) is 3.36. The first kappa shape index (κ1) is 16.2. The third kappa shape index (κ3) is 3.64. The van der Waals surface area contributed by atoms with Gasteiger partial charge in [-0.25, -0.2) is 4.39 Å². The maximum Gasteiger partial charge on any atom is 0.256 e. The van der Waals surface area contributed by atoms with Crippen LogP contribution in [0.15, 0.2) is 18.2 Å². The Hall–Kier alpha value is -1.66. The van der Waals surface area contributed by atoms with Crippen LogP contribution in [-0.4, -0.2) is 47.8 Å². The highest BCUT2D eigenvalue weighted by Crippen LogP contribution is 2.27. The van der Waals surface area contributed by atoms with Gasteiger partial charge >= 0.3 is 0 Å². The number of halogens is 1. The molecule has 1 amide bonds. The van der Waals surface area contributed by atoms with Crippen LogP contribution in [0.25, 0.3) is 0 Å². The molecule has 3 rings (SSSR count). The van der Waals surface area contributed by atoms with E-state index in [-0.39, 0.29) is 24.8 Å². The minimum Gasteiger partial charge on any atom is -0.497 e. The van der Waals surface area contributed by atoms with Gasteiger partial charge < -0.3 is 20.1 Å². The molecule has 1 aromatic carbocycles. The fraction of sp³-hybridized carbons (Fsp3) is 0.588. The summed E-state index contributed by atoms with van der Waals surface area (Å²) in [5.41, 5.74) is -0.979. The first-order chi connectivity index (χ1) is 11.0. The molecule has 2 fully saturated rings. The number of ether oxygens (including phenoxy) is 1. The van der Waals surface area contributed by atoms with E-state index in [4.69, 9.17) is 4.74 Å². The lowest BCUT2D eigenvalue weighted by Gasteiger charge is -2.38. The molecule has 0 bridgehead atoms. The number of likely N-dealkylation sites (tertiary alicyclic amines) is 1. The van der Waals surface area contributed by atoms with E-state index in [1.54, 1.807) is 12.1 Å². The Morgan fingerprint density at radius 3 is 2.96 bits per heavy atom. The summed E-state index contributed by atoms with van der Waals surface area (Å²) in [6, 6.07) is 4.91. The second kappa shape index (κ2) is 6.45. The molecule has 1 heterocycles. The highest BCUT2D eigenvalue weighted by molar-refractivity contribution is 5.86. The lowest BCUT2D eigenvalue weighted by Crippen LogP contribution is -2.58. The van der Waals surface area contributed by atoms with Crippen LogP contribution < -0.4 is 10.1 Å². The number of hydrogen-bond donors (Lipinski definition) is 2. The third-order valence-electron chi connectivity index (χ3n) is 4.58. The van der Waals surface area contributed by atoms with E-state index in [0.29, 0.717) is 36.7 Å². The van der Waals surface area contributed by atoms with Crippen molar-refractivity contribution in [1.29, 1.82) is 0 Å². The Kier molecular flexibility index (Phi) is 4.55. The van der Waals surface area contributed by atoms with Crippen LogP contribution in [0.3, 0.4) is 0 Å². The Morgan fingerprint density at radius 2 is 2.26 bits per heavy atom. The van der Waals surface area contributed by atoms with Gasteiger partial charge in [0.2, 0.25) is 0 Å². The summed E-state index contributed by atoms with van der Waals surface area (Å²) < 4.78 is 19.1. The smallest absolute Gasteiger partial charge is 0.256 e. The molecule has 0 spiro atoms. The molecule has 2 N–H and O–H groups in total. The van der Waals surface area contributed by atoms with Gasteiger partial charge in [0.25, 0.3) is 5.91 Å². The molecular weight excluding hydrogens is 299 g/mol. The van der Waals surface area contributed by atoms with Gasteiger partial charge in [-0.15, -0.1) is 0 Å². The largest absolute Gasteiger partial charge is 0.497 e. The van der Waals surface area contributed by atoms with Crippen molar-refractivity contribution in [1.82, 2.24) is 10.2 Å². The zero-order chi connectivity index (χ0) is 16.4. The van der Waals surface area contributed by atoms with Crippen LogP contribution in [0.1, 0.15) is 31.2 Å². The summed E-state index contributed by atoms with van der Waals surface area (Å²) in [7, 11) is 1.52. The van der Waals surface area contributed by atoms with Crippen molar-refractivity contribution in [3.63, 3.8) is 0 Å². The Morgan fingerprint density at radius 1 is 1.48 bits per heavy atom. The third-order valence-corrected chi connectivity index (χ3v) is 4.58. The predicted molar refractivity (Wildman–Crippen MR) is 83.6 cm³/mol. The van der Waals surface area contributed by atoms with Gasteiger partial charge in [-0.05, 0) is 43.9 Å². The zero-order valence-corrected chi connectivity index (χ0v) is 13.3. The van der Waals surface area contributed by atoms with Crippen molar-refractivity contribution < 1.29 is 19.0 Å². The Labute approximate surface area is 135 Å². The number of nitrogens with zero attached hydrogens (tertiary/aromatic N) is 1. The van der Waals surface area contributed by atoms with Crippen LogP contribution in [0.4, 0.5) is 4.39 Å². The quantitative estimate of drug-likeness (QED) is 0.832. The van der Waals surface area contributed by atoms with E-state index >= 15 is 0 Å². The normalized spacial score (nSPS) is 24.8.